The van der Waals surface area contributed by atoms with Gasteiger partial charge in [-0.25, -0.2) is 4.79 Å². The summed E-state index contributed by atoms with van der Waals surface area (Å²) in [6.07, 6.45) is 3.68. The van der Waals surface area contributed by atoms with Crippen molar-refractivity contribution in [2.24, 2.45) is 11.8 Å². The minimum Gasteiger partial charge on any atom is -0.462 e. The lowest BCUT2D eigenvalue weighted by atomic mass is 9.93. The Balaban J connectivity index is 2.11. The van der Waals surface area contributed by atoms with E-state index in [9.17, 15) is 4.79 Å². The van der Waals surface area contributed by atoms with Crippen molar-refractivity contribution in [3.8, 4) is 0 Å². The highest BCUT2D eigenvalue weighted by molar-refractivity contribution is 5.96. The summed E-state index contributed by atoms with van der Waals surface area (Å²) < 4.78 is 5.04. The Labute approximate surface area is 127 Å². The number of nitrogens with one attached hydrogen (secondary N) is 1. The molecule has 1 aromatic carbocycles. The Morgan fingerprint density at radius 1 is 1.38 bits per heavy atom. The molecule has 3 N–H and O–H groups in total. The van der Waals surface area contributed by atoms with E-state index in [4.69, 9.17) is 10.5 Å². The van der Waals surface area contributed by atoms with Gasteiger partial charge in [0.2, 0.25) is 0 Å². The van der Waals surface area contributed by atoms with E-state index in [0.717, 1.165) is 11.6 Å². The fourth-order valence-corrected chi connectivity index (χ4v) is 3.27. The van der Waals surface area contributed by atoms with E-state index in [1.807, 2.05) is 6.07 Å². The number of ether oxygens (including phenoxy) is 1. The van der Waals surface area contributed by atoms with E-state index in [-0.39, 0.29) is 5.97 Å². The first kappa shape index (κ1) is 15.7. The zero-order chi connectivity index (χ0) is 15.4. The van der Waals surface area contributed by atoms with Crippen molar-refractivity contribution < 1.29 is 9.53 Å². The summed E-state index contributed by atoms with van der Waals surface area (Å²) >= 11 is 0. The van der Waals surface area contributed by atoms with E-state index >= 15 is 0 Å². The summed E-state index contributed by atoms with van der Waals surface area (Å²) in [5.74, 6) is 1.09. The molecule has 1 saturated carbocycles. The van der Waals surface area contributed by atoms with Crippen LogP contribution in [0.25, 0.3) is 0 Å². The van der Waals surface area contributed by atoms with Crippen molar-refractivity contribution in [2.45, 2.75) is 46.1 Å². The number of benzene rings is 1. The van der Waals surface area contributed by atoms with Gasteiger partial charge in [0.05, 0.1) is 12.2 Å². The molecule has 1 aromatic rings. The van der Waals surface area contributed by atoms with Crippen molar-refractivity contribution in [3.63, 3.8) is 0 Å². The van der Waals surface area contributed by atoms with Gasteiger partial charge < -0.3 is 15.8 Å². The zero-order valence-electron chi connectivity index (χ0n) is 13.2. The quantitative estimate of drug-likeness (QED) is 0.641. The number of carbonyl (C=O) groups excluding carboxylic acids is 1. The Morgan fingerprint density at radius 2 is 2.14 bits per heavy atom. The van der Waals surface area contributed by atoms with Gasteiger partial charge >= 0.3 is 5.97 Å². The fraction of sp³-hybridized carbons (Fsp3) is 0.588. The van der Waals surface area contributed by atoms with E-state index in [1.54, 1.807) is 19.1 Å². The van der Waals surface area contributed by atoms with Crippen LogP contribution in [0.15, 0.2) is 18.2 Å². The number of anilines is 2. The summed E-state index contributed by atoms with van der Waals surface area (Å²) in [5, 5.41) is 3.56. The van der Waals surface area contributed by atoms with Crippen molar-refractivity contribution in [2.75, 3.05) is 17.7 Å². The molecule has 1 fully saturated rings. The number of hydrogen-bond acceptors (Lipinski definition) is 4. The molecule has 4 nitrogen and oxygen atoms in total. The lowest BCUT2D eigenvalue weighted by molar-refractivity contribution is 0.0527. The van der Waals surface area contributed by atoms with Gasteiger partial charge in [-0.1, -0.05) is 20.3 Å². The van der Waals surface area contributed by atoms with Crippen molar-refractivity contribution >= 4 is 17.3 Å². The Bertz CT molecular complexity index is 502. The molecule has 3 unspecified atom stereocenters. The molecular formula is C17H26N2O2. The molecule has 3 atom stereocenters. The summed E-state index contributed by atoms with van der Waals surface area (Å²) in [7, 11) is 0. The fourth-order valence-electron chi connectivity index (χ4n) is 3.27. The van der Waals surface area contributed by atoms with Crippen LogP contribution in [0.2, 0.25) is 0 Å². The van der Waals surface area contributed by atoms with Gasteiger partial charge in [-0.05, 0) is 49.8 Å². The number of hydrogen-bond donors (Lipinski definition) is 2. The maximum Gasteiger partial charge on any atom is 0.340 e. The number of esters is 1. The third-order valence-electron chi connectivity index (χ3n) is 4.65. The monoisotopic (exact) mass is 290 g/mol. The molecular weight excluding hydrogens is 264 g/mol. The molecule has 0 aliphatic heterocycles. The number of carbonyl (C=O) groups is 1. The highest BCUT2D eigenvalue weighted by Crippen LogP contribution is 2.36. The van der Waals surface area contributed by atoms with Crippen molar-refractivity contribution in [1.29, 1.82) is 0 Å². The minimum atomic E-state index is -0.357. The first-order chi connectivity index (χ1) is 10.1. The molecule has 2 rings (SSSR count). The minimum absolute atomic E-state index is 0.355. The Kier molecular flexibility index (Phi) is 5.10. The zero-order valence-corrected chi connectivity index (χ0v) is 13.2. The average Bonchev–Trinajstić information content (AvgIpc) is 2.82. The third kappa shape index (κ3) is 3.49. The SMILES string of the molecule is CCOC(=O)c1cc(NC2CCC(CC)C2C)ccc1N. The van der Waals surface area contributed by atoms with Crippen LogP contribution in [0.1, 0.15) is 50.4 Å². The van der Waals surface area contributed by atoms with Crippen LogP contribution in [0.4, 0.5) is 11.4 Å². The van der Waals surface area contributed by atoms with Crippen LogP contribution < -0.4 is 11.1 Å². The summed E-state index contributed by atoms with van der Waals surface area (Å²) in [5.41, 5.74) is 7.72. The van der Waals surface area contributed by atoms with Gasteiger partial charge in [0.1, 0.15) is 0 Å². The largest absolute Gasteiger partial charge is 0.462 e. The molecule has 1 aliphatic rings. The van der Waals surface area contributed by atoms with Gasteiger partial charge in [-0.2, -0.15) is 0 Å². The molecule has 1 aliphatic carbocycles. The lowest BCUT2D eigenvalue weighted by Gasteiger charge is -2.22. The molecule has 0 heterocycles. The standard InChI is InChI=1S/C17H26N2O2/c1-4-12-6-9-16(11(12)3)19-13-7-8-15(18)14(10-13)17(20)21-5-2/h7-8,10-12,16,19H,4-6,9,18H2,1-3H3. The molecule has 21 heavy (non-hydrogen) atoms. The molecule has 0 bridgehead atoms. The van der Waals surface area contributed by atoms with Gasteiger partial charge in [0.15, 0.2) is 0 Å². The summed E-state index contributed by atoms with van der Waals surface area (Å²) in [6, 6.07) is 5.98. The predicted octanol–water partition coefficient (Wildman–Crippen LogP) is 3.68. The van der Waals surface area contributed by atoms with Crippen LogP contribution in [0.3, 0.4) is 0 Å². The van der Waals surface area contributed by atoms with Crippen molar-refractivity contribution in [1.82, 2.24) is 0 Å². The molecule has 0 amide bonds. The normalized spacial score (nSPS) is 24.8. The number of rotatable bonds is 5. The van der Waals surface area contributed by atoms with Gasteiger partial charge in [-0.3, -0.25) is 0 Å². The topological polar surface area (TPSA) is 64.3 Å². The second kappa shape index (κ2) is 6.83. The average molecular weight is 290 g/mol. The van der Waals surface area contributed by atoms with E-state index in [0.29, 0.717) is 29.8 Å². The van der Waals surface area contributed by atoms with Gasteiger partial charge in [0.25, 0.3) is 0 Å². The molecule has 0 spiro atoms. The van der Waals surface area contributed by atoms with Crippen molar-refractivity contribution in [3.05, 3.63) is 23.8 Å². The molecule has 0 saturated heterocycles. The number of nitrogens with two attached hydrogens (primary N) is 1. The highest BCUT2D eigenvalue weighted by atomic mass is 16.5. The predicted molar refractivity (Wildman–Crippen MR) is 86.4 cm³/mol. The third-order valence-corrected chi connectivity index (χ3v) is 4.65. The van der Waals surface area contributed by atoms with Gasteiger partial charge in [-0.15, -0.1) is 0 Å². The van der Waals surface area contributed by atoms with Crippen LogP contribution in [0, 0.1) is 11.8 Å². The molecule has 0 aromatic heterocycles. The molecule has 4 heteroatoms. The highest BCUT2D eigenvalue weighted by Gasteiger charge is 2.31. The van der Waals surface area contributed by atoms with E-state index in [2.05, 4.69) is 19.2 Å². The van der Waals surface area contributed by atoms with Crippen LogP contribution in [0.5, 0.6) is 0 Å². The first-order valence-corrected chi connectivity index (χ1v) is 7.90. The second-order valence-electron chi connectivity index (χ2n) is 5.88. The molecule has 0 radical (unpaired) electrons. The first-order valence-electron chi connectivity index (χ1n) is 7.90. The second-order valence-corrected chi connectivity index (χ2v) is 5.88. The summed E-state index contributed by atoms with van der Waals surface area (Å²) in [6.45, 7) is 6.71. The van der Waals surface area contributed by atoms with Crippen LogP contribution >= 0.6 is 0 Å². The van der Waals surface area contributed by atoms with Gasteiger partial charge in [0, 0.05) is 17.4 Å². The van der Waals surface area contributed by atoms with E-state index in [1.165, 1.54) is 19.3 Å². The summed E-state index contributed by atoms with van der Waals surface area (Å²) in [4.78, 5) is 11.9. The maximum atomic E-state index is 11.9. The lowest BCUT2D eigenvalue weighted by Crippen LogP contribution is -2.24. The number of nitrogen functional groups attached to an aromatic ring is 1. The Hall–Kier alpha value is -1.71. The van der Waals surface area contributed by atoms with E-state index < -0.39 is 0 Å². The molecule has 116 valence electrons. The Morgan fingerprint density at radius 3 is 2.76 bits per heavy atom. The maximum absolute atomic E-state index is 11.9. The smallest absolute Gasteiger partial charge is 0.340 e. The van der Waals surface area contributed by atoms with Crippen LogP contribution in [-0.4, -0.2) is 18.6 Å². The van der Waals surface area contributed by atoms with Crippen LogP contribution in [-0.2, 0) is 4.74 Å².